The first-order valence-corrected chi connectivity index (χ1v) is 7.96. The second kappa shape index (κ2) is 4.42. The number of hydrogen-bond donors (Lipinski definition) is 0. The van der Waals surface area contributed by atoms with Gasteiger partial charge in [-0.3, -0.25) is 4.79 Å². The fourth-order valence-electron chi connectivity index (χ4n) is 1.65. The van der Waals surface area contributed by atoms with Gasteiger partial charge in [-0.05, 0) is 33.6 Å². The van der Waals surface area contributed by atoms with Gasteiger partial charge >= 0.3 is 9.24 Å². The molecule has 1 aromatic rings. The van der Waals surface area contributed by atoms with Crippen LogP contribution in [-0.2, 0) is 14.0 Å². The van der Waals surface area contributed by atoms with E-state index in [0.29, 0.717) is 19.4 Å². The van der Waals surface area contributed by atoms with Crippen LogP contribution in [0.5, 0.6) is 0 Å². The molecule has 1 aliphatic heterocycles. The first-order chi connectivity index (χ1) is 7.80. The van der Waals surface area contributed by atoms with E-state index in [9.17, 15) is 13.2 Å². The lowest BCUT2D eigenvalue weighted by Crippen LogP contribution is -2.47. The Morgan fingerprint density at radius 2 is 2.06 bits per heavy atom. The Labute approximate surface area is 116 Å². The lowest BCUT2D eigenvalue weighted by Gasteiger charge is -2.37. The van der Waals surface area contributed by atoms with Crippen LogP contribution >= 0.6 is 38.2 Å². The monoisotopic (exact) mass is 357 g/mol. The Hall–Kier alpha value is -0.300. The van der Waals surface area contributed by atoms with Gasteiger partial charge in [-0.15, -0.1) is 0 Å². The van der Waals surface area contributed by atoms with Crippen molar-refractivity contribution in [1.29, 1.82) is 0 Å². The van der Waals surface area contributed by atoms with Gasteiger partial charge in [0, 0.05) is 15.2 Å². The summed E-state index contributed by atoms with van der Waals surface area (Å²) < 4.78 is 23.7. The zero-order valence-electron chi connectivity index (χ0n) is 8.23. The highest BCUT2D eigenvalue weighted by Gasteiger charge is 2.44. The average molecular weight is 359 g/mol. The summed E-state index contributed by atoms with van der Waals surface area (Å²) in [6.07, 6.45) is 0.125. The molecule has 1 unspecified atom stereocenters. The summed E-state index contributed by atoms with van der Waals surface area (Å²) in [5, 5.41) is 0.514. The fourth-order valence-corrected chi connectivity index (χ4v) is 3.50. The second-order valence-electron chi connectivity index (χ2n) is 3.53. The Bertz CT molecular complexity index is 590. The molecule has 0 bridgehead atoms. The molecular formula is C9H6BrCl2NO3S. The first-order valence-electron chi connectivity index (χ1n) is 4.52. The molecule has 0 aliphatic carbocycles. The summed E-state index contributed by atoms with van der Waals surface area (Å²) in [6, 6.07) is 4.43. The first kappa shape index (κ1) is 13.1. The van der Waals surface area contributed by atoms with Gasteiger partial charge in [-0.25, -0.2) is 4.31 Å². The maximum absolute atomic E-state index is 11.2. The zero-order valence-corrected chi connectivity index (χ0v) is 12.1. The standard InChI is InChI=1S/C9H6BrCl2NO3S/c10-6-3-5(1-2-7(6)11)8-4-9(14)13(8)17(12,15)16/h1-3,8H,4H2. The number of rotatable bonds is 2. The minimum absolute atomic E-state index is 0.125. The van der Waals surface area contributed by atoms with Gasteiger partial charge in [0.1, 0.15) is 0 Å². The Morgan fingerprint density at radius 3 is 2.53 bits per heavy atom. The van der Waals surface area contributed by atoms with E-state index in [4.69, 9.17) is 22.3 Å². The van der Waals surface area contributed by atoms with Crippen molar-refractivity contribution in [3.8, 4) is 0 Å². The number of carbonyl (C=O) groups excluding carboxylic acids is 1. The van der Waals surface area contributed by atoms with Crippen molar-refractivity contribution in [3.05, 3.63) is 33.3 Å². The highest BCUT2D eigenvalue weighted by Crippen LogP contribution is 2.39. The van der Waals surface area contributed by atoms with Crippen LogP contribution in [0, 0.1) is 0 Å². The maximum atomic E-state index is 11.2. The van der Waals surface area contributed by atoms with Crippen LogP contribution in [0.2, 0.25) is 5.02 Å². The summed E-state index contributed by atoms with van der Waals surface area (Å²) in [5.41, 5.74) is 0.671. The van der Waals surface area contributed by atoms with Crippen molar-refractivity contribution in [2.45, 2.75) is 12.5 Å². The summed E-state index contributed by atoms with van der Waals surface area (Å²) in [7, 11) is 1.16. The van der Waals surface area contributed by atoms with Crippen molar-refractivity contribution in [2.24, 2.45) is 0 Å². The van der Waals surface area contributed by atoms with Gasteiger partial charge in [0.05, 0.1) is 17.5 Å². The normalized spacial score (nSPS) is 20.3. The van der Waals surface area contributed by atoms with Crippen LogP contribution < -0.4 is 0 Å². The van der Waals surface area contributed by atoms with E-state index >= 15 is 0 Å². The lowest BCUT2D eigenvalue weighted by molar-refractivity contribution is -0.137. The van der Waals surface area contributed by atoms with Crippen LogP contribution in [0.1, 0.15) is 18.0 Å². The van der Waals surface area contributed by atoms with E-state index in [0.717, 1.165) is 0 Å². The van der Waals surface area contributed by atoms with Crippen molar-refractivity contribution in [3.63, 3.8) is 0 Å². The van der Waals surface area contributed by atoms with Crippen LogP contribution in [0.25, 0.3) is 0 Å². The van der Waals surface area contributed by atoms with E-state index in [2.05, 4.69) is 15.9 Å². The average Bonchev–Trinajstić information content (AvgIpc) is 2.16. The van der Waals surface area contributed by atoms with E-state index in [1.54, 1.807) is 18.2 Å². The van der Waals surface area contributed by atoms with Crippen LogP contribution in [0.3, 0.4) is 0 Å². The SMILES string of the molecule is O=C1CC(c2ccc(Cl)c(Br)c2)N1S(=O)(=O)Cl. The minimum atomic E-state index is -4.03. The molecule has 0 spiro atoms. The molecule has 0 aromatic heterocycles. The molecule has 1 aliphatic rings. The molecule has 92 valence electrons. The van der Waals surface area contributed by atoms with Crippen molar-refractivity contribution < 1.29 is 13.2 Å². The van der Waals surface area contributed by atoms with Crippen molar-refractivity contribution in [1.82, 2.24) is 4.31 Å². The zero-order chi connectivity index (χ0) is 12.8. The van der Waals surface area contributed by atoms with Crippen LogP contribution in [0.15, 0.2) is 22.7 Å². The Balaban J connectivity index is 2.36. The Kier molecular flexibility index (Phi) is 3.42. The molecule has 0 radical (unpaired) electrons. The third-order valence-electron chi connectivity index (χ3n) is 2.46. The van der Waals surface area contributed by atoms with Gasteiger partial charge in [0.15, 0.2) is 0 Å². The van der Waals surface area contributed by atoms with Crippen LogP contribution in [0.4, 0.5) is 0 Å². The fraction of sp³-hybridized carbons (Fsp3) is 0.222. The van der Waals surface area contributed by atoms with Gasteiger partial charge in [0.25, 0.3) is 0 Å². The lowest BCUT2D eigenvalue weighted by atomic mass is 9.97. The minimum Gasteiger partial charge on any atom is -0.274 e. The van der Waals surface area contributed by atoms with E-state index in [1.807, 2.05) is 0 Å². The quantitative estimate of drug-likeness (QED) is 0.603. The van der Waals surface area contributed by atoms with Gasteiger partial charge in [0.2, 0.25) is 5.91 Å². The number of nitrogens with zero attached hydrogens (tertiary/aromatic N) is 1. The molecule has 1 fully saturated rings. The predicted molar refractivity (Wildman–Crippen MR) is 68.1 cm³/mol. The molecule has 1 saturated heterocycles. The topological polar surface area (TPSA) is 54.5 Å². The maximum Gasteiger partial charge on any atom is 0.324 e. The molecular weight excluding hydrogens is 353 g/mol. The molecule has 0 N–H and O–H groups in total. The molecule has 1 aromatic carbocycles. The van der Waals surface area contributed by atoms with Crippen molar-refractivity contribution in [2.75, 3.05) is 0 Å². The van der Waals surface area contributed by atoms with Gasteiger partial charge in [-0.1, -0.05) is 17.7 Å². The molecule has 0 saturated carbocycles. The smallest absolute Gasteiger partial charge is 0.274 e. The number of benzene rings is 1. The summed E-state index contributed by atoms with van der Waals surface area (Å²) in [4.78, 5) is 11.2. The predicted octanol–water partition coefficient (Wildman–Crippen LogP) is 2.86. The summed E-state index contributed by atoms with van der Waals surface area (Å²) in [5.74, 6) is -0.504. The number of halogens is 3. The second-order valence-corrected chi connectivity index (χ2v) is 7.17. The molecule has 17 heavy (non-hydrogen) atoms. The van der Waals surface area contributed by atoms with E-state index in [-0.39, 0.29) is 6.42 Å². The van der Waals surface area contributed by atoms with Gasteiger partial charge in [-0.2, -0.15) is 8.42 Å². The highest BCUT2D eigenvalue weighted by atomic mass is 79.9. The summed E-state index contributed by atoms with van der Waals surface area (Å²) >= 11 is 9.07. The number of hydrogen-bond acceptors (Lipinski definition) is 3. The molecule has 4 nitrogen and oxygen atoms in total. The van der Waals surface area contributed by atoms with E-state index in [1.165, 1.54) is 0 Å². The summed E-state index contributed by atoms with van der Waals surface area (Å²) in [6.45, 7) is 0. The highest BCUT2D eigenvalue weighted by molar-refractivity contribution is 9.10. The van der Waals surface area contributed by atoms with Crippen molar-refractivity contribution >= 4 is 53.4 Å². The largest absolute Gasteiger partial charge is 0.324 e. The molecule has 8 heteroatoms. The number of carbonyl (C=O) groups is 1. The number of β-lactam (4-membered cyclic amide) rings is 1. The molecule has 1 heterocycles. The number of amides is 1. The molecule has 1 atom stereocenters. The van der Waals surface area contributed by atoms with E-state index < -0.39 is 21.2 Å². The Morgan fingerprint density at radius 1 is 1.41 bits per heavy atom. The molecule has 2 rings (SSSR count). The van der Waals surface area contributed by atoms with Gasteiger partial charge < -0.3 is 0 Å². The third kappa shape index (κ3) is 2.45. The van der Waals surface area contributed by atoms with Crippen LogP contribution in [-0.4, -0.2) is 18.6 Å². The third-order valence-corrected chi connectivity index (χ3v) is 5.05. The molecule has 1 amide bonds.